The molecule has 1 aliphatic heterocycles. The van der Waals surface area contributed by atoms with E-state index in [1.165, 1.54) is 6.07 Å². The molecule has 2 aromatic rings. The summed E-state index contributed by atoms with van der Waals surface area (Å²) in [5.74, 6) is -0.116. The lowest BCUT2D eigenvalue weighted by Gasteiger charge is -2.35. The lowest BCUT2D eigenvalue weighted by atomic mass is 9.99. The third kappa shape index (κ3) is 3.71. The maximum Gasteiger partial charge on any atom is 0.268 e. The number of amides is 2. The van der Waals surface area contributed by atoms with Crippen molar-refractivity contribution in [3.63, 3.8) is 0 Å². The van der Waals surface area contributed by atoms with Crippen molar-refractivity contribution < 1.29 is 9.59 Å². The third-order valence-electron chi connectivity index (χ3n) is 4.94. The molecule has 138 valence electrons. The van der Waals surface area contributed by atoms with E-state index in [1.54, 1.807) is 25.3 Å². The van der Waals surface area contributed by atoms with Crippen LogP contribution in [0.15, 0.2) is 35.3 Å². The largest absolute Gasteiger partial charge is 0.347 e. The molecule has 1 atom stereocenters. The second kappa shape index (κ2) is 7.59. The number of hydrogen-bond acceptors (Lipinski definition) is 3. The Bertz CT molecular complexity index is 847. The average Bonchev–Trinajstić information content (AvgIpc) is 3.02. The van der Waals surface area contributed by atoms with Gasteiger partial charge in [-0.05, 0) is 37.0 Å². The lowest BCUT2D eigenvalue weighted by Crippen LogP contribution is -2.38. The molecule has 1 fully saturated rings. The van der Waals surface area contributed by atoms with Crippen LogP contribution < -0.4 is 10.9 Å². The number of nitrogens with zero attached hydrogens (tertiary/aromatic N) is 2. The zero-order valence-corrected chi connectivity index (χ0v) is 15.1. The van der Waals surface area contributed by atoms with Crippen molar-refractivity contribution in [3.05, 3.63) is 57.8 Å². The van der Waals surface area contributed by atoms with Gasteiger partial charge in [-0.25, -0.2) is 0 Å². The van der Waals surface area contributed by atoms with Crippen molar-refractivity contribution in [1.29, 1.82) is 0 Å². The van der Waals surface area contributed by atoms with Crippen molar-refractivity contribution >= 4 is 11.8 Å². The molecule has 0 unspecified atom stereocenters. The Morgan fingerprint density at radius 1 is 1.23 bits per heavy atom. The van der Waals surface area contributed by atoms with Gasteiger partial charge >= 0.3 is 0 Å². The lowest BCUT2D eigenvalue weighted by molar-refractivity contribution is -0.132. The van der Waals surface area contributed by atoms with Crippen LogP contribution in [0.3, 0.4) is 0 Å². The fraction of sp³-hybridized carbons (Fsp3) is 0.421. The summed E-state index contributed by atoms with van der Waals surface area (Å²) in [4.78, 5) is 40.0. The molecule has 7 nitrogen and oxygen atoms in total. The third-order valence-corrected chi connectivity index (χ3v) is 4.94. The Labute approximate surface area is 152 Å². The first kappa shape index (κ1) is 18.0. The van der Waals surface area contributed by atoms with Gasteiger partial charge in [-0.15, -0.1) is 0 Å². The Morgan fingerprint density at radius 2 is 2.04 bits per heavy atom. The number of H-pyrrole nitrogens is 1. The Balaban J connectivity index is 1.73. The Morgan fingerprint density at radius 3 is 2.73 bits per heavy atom. The molecule has 26 heavy (non-hydrogen) atoms. The topological polar surface area (TPSA) is 87.2 Å². The number of carbonyl (C=O) groups is 2. The number of likely N-dealkylation sites (tertiary alicyclic amines) is 1. The van der Waals surface area contributed by atoms with E-state index < -0.39 is 0 Å². The predicted molar refractivity (Wildman–Crippen MR) is 97.6 cm³/mol. The van der Waals surface area contributed by atoms with Crippen LogP contribution in [0.2, 0.25) is 0 Å². The van der Waals surface area contributed by atoms with Gasteiger partial charge in [0.05, 0.1) is 6.04 Å². The molecule has 2 amide bonds. The molecule has 0 radical (unpaired) electrons. The number of nitrogens with one attached hydrogen (secondary N) is 2. The molecule has 0 bridgehead atoms. The zero-order valence-electron chi connectivity index (χ0n) is 15.1. The molecule has 1 aliphatic rings. The quantitative estimate of drug-likeness (QED) is 0.874. The molecule has 7 heteroatoms. The summed E-state index contributed by atoms with van der Waals surface area (Å²) in [5.41, 5.74) is 2.18. The number of hydrogen-bond donors (Lipinski definition) is 2. The van der Waals surface area contributed by atoms with Gasteiger partial charge < -0.3 is 19.8 Å². The minimum absolute atomic E-state index is 0.0204. The van der Waals surface area contributed by atoms with Crippen LogP contribution in [0.4, 0.5) is 0 Å². The normalized spacial score (nSPS) is 17.2. The molecule has 3 rings (SSSR count). The first-order chi connectivity index (χ1) is 12.5. The summed E-state index contributed by atoms with van der Waals surface area (Å²) in [5, 5.41) is 2.86. The molecule has 0 aliphatic carbocycles. The SMILES string of the molecule is CC(=O)N1CCCC[C@H]1c1ccc(C(=O)NCc2ccc(=O)[nH]c2)n1C. The summed E-state index contributed by atoms with van der Waals surface area (Å²) >= 11 is 0. The van der Waals surface area contributed by atoms with Crippen LogP contribution in [0.5, 0.6) is 0 Å². The monoisotopic (exact) mass is 356 g/mol. The van der Waals surface area contributed by atoms with Gasteiger partial charge in [0.25, 0.3) is 5.91 Å². The molecule has 0 spiro atoms. The van der Waals surface area contributed by atoms with E-state index in [0.29, 0.717) is 12.2 Å². The fourth-order valence-corrected chi connectivity index (χ4v) is 3.53. The van der Waals surface area contributed by atoms with Crippen LogP contribution in [-0.2, 0) is 18.4 Å². The standard InChI is InChI=1S/C19H24N4O3/c1-13(24)23-10-4-3-5-16(23)15-7-8-17(22(15)2)19(26)21-12-14-6-9-18(25)20-11-14/h6-9,11,16H,3-5,10,12H2,1-2H3,(H,20,25)(H,21,26)/t16-/m0/s1. The summed E-state index contributed by atoms with van der Waals surface area (Å²) < 4.78 is 1.87. The highest BCUT2D eigenvalue weighted by Crippen LogP contribution is 2.31. The maximum atomic E-state index is 12.5. The van der Waals surface area contributed by atoms with Crippen LogP contribution in [0.1, 0.15) is 54.0 Å². The first-order valence-electron chi connectivity index (χ1n) is 8.86. The van der Waals surface area contributed by atoms with E-state index >= 15 is 0 Å². The summed E-state index contributed by atoms with van der Waals surface area (Å²) in [7, 11) is 1.86. The van der Waals surface area contributed by atoms with Gasteiger partial charge in [0.2, 0.25) is 11.5 Å². The summed E-state index contributed by atoms with van der Waals surface area (Å²) in [6, 6.07) is 6.86. The molecule has 1 saturated heterocycles. The van der Waals surface area contributed by atoms with Gasteiger partial charge in [-0.2, -0.15) is 0 Å². The fourth-order valence-electron chi connectivity index (χ4n) is 3.53. The van der Waals surface area contributed by atoms with E-state index in [0.717, 1.165) is 37.1 Å². The first-order valence-corrected chi connectivity index (χ1v) is 8.86. The van der Waals surface area contributed by atoms with E-state index in [9.17, 15) is 14.4 Å². The van der Waals surface area contributed by atoms with Crippen LogP contribution in [0, 0.1) is 0 Å². The molecular formula is C19H24N4O3. The molecular weight excluding hydrogens is 332 g/mol. The highest BCUT2D eigenvalue weighted by molar-refractivity contribution is 5.92. The molecule has 2 aromatic heterocycles. The van der Waals surface area contributed by atoms with Gasteiger partial charge in [0.1, 0.15) is 5.69 Å². The van der Waals surface area contributed by atoms with Gasteiger partial charge in [0.15, 0.2) is 0 Å². The predicted octanol–water partition coefficient (Wildman–Crippen LogP) is 1.72. The van der Waals surface area contributed by atoms with E-state index in [2.05, 4.69) is 10.3 Å². The van der Waals surface area contributed by atoms with Crippen LogP contribution >= 0.6 is 0 Å². The van der Waals surface area contributed by atoms with E-state index in [4.69, 9.17) is 0 Å². The zero-order chi connectivity index (χ0) is 18.7. The van der Waals surface area contributed by atoms with Crippen molar-refractivity contribution in [2.45, 2.75) is 38.8 Å². The number of rotatable bonds is 4. The van der Waals surface area contributed by atoms with E-state index in [1.807, 2.05) is 22.6 Å². The van der Waals surface area contributed by atoms with Gasteiger partial charge in [-0.1, -0.05) is 6.07 Å². The molecule has 0 aromatic carbocycles. The highest BCUT2D eigenvalue weighted by Gasteiger charge is 2.28. The number of aromatic nitrogens is 2. The summed E-state index contributed by atoms with van der Waals surface area (Å²) in [6.07, 6.45) is 4.60. The summed E-state index contributed by atoms with van der Waals surface area (Å²) in [6.45, 7) is 2.69. The number of aromatic amines is 1. The minimum Gasteiger partial charge on any atom is -0.347 e. The number of piperidine rings is 1. The second-order valence-electron chi connectivity index (χ2n) is 6.67. The van der Waals surface area contributed by atoms with E-state index in [-0.39, 0.29) is 23.4 Å². The molecule has 3 heterocycles. The van der Waals surface area contributed by atoms with Crippen molar-refractivity contribution in [2.24, 2.45) is 7.05 Å². The molecule has 2 N–H and O–H groups in total. The van der Waals surface area contributed by atoms with Crippen molar-refractivity contribution in [1.82, 2.24) is 19.8 Å². The maximum absolute atomic E-state index is 12.5. The van der Waals surface area contributed by atoms with Gasteiger partial charge in [-0.3, -0.25) is 14.4 Å². The highest BCUT2D eigenvalue weighted by atomic mass is 16.2. The van der Waals surface area contributed by atoms with Crippen molar-refractivity contribution in [3.8, 4) is 0 Å². The van der Waals surface area contributed by atoms with Gasteiger partial charge in [0, 0.05) is 45.0 Å². The minimum atomic E-state index is -0.185. The Kier molecular flexibility index (Phi) is 5.25. The Hall–Kier alpha value is -2.83. The smallest absolute Gasteiger partial charge is 0.268 e. The number of pyridine rings is 1. The van der Waals surface area contributed by atoms with Crippen LogP contribution in [-0.4, -0.2) is 32.8 Å². The van der Waals surface area contributed by atoms with Crippen molar-refractivity contribution in [2.75, 3.05) is 6.54 Å². The van der Waals surface area contributed by atoms with Crippen LogP contribution in [0.25, 0.3) is 0 Å². The average molecular weight is 356 g/mol. The number of carbonyl (C=O) groups excluding carboxylic acids is 2. The molecule has 0 saturated carbocycles. The second-order valence-corrected chi connectivity index (χ2v) is 6.67.